The highest BCUT2D eigenvalue weighted by molar-refractivity contribution is 5.87. The van der Waals surface area contributed by atoms with E-state index in [0.717, 1.165) is 6.42 Å². The maximum Gasteiger partial charge on any atom is 0.130 e. The Hall–Kier alpha value is -0.570. The van der Waals surface area contributed by atoms with Crippen LogP contribution in [0, 0.1) is 5.92 Å². The van der Waals surface area contributed by atoms with Gasteiger partial charge in [0.1, 0.15) is 6.10 Å². The second-order valence-corrected chi connectivity index (χ2v) is 4.28. The van der Waals surface area contributed by atoms with Crippen molar-refractivity contribution >= 4 is 5.71 Å². The summed E-state index contributed by atoms with van der Waals surface area (Å²) in [6.45, 7) is 4.50. The van der Waals surface area contributed by atoms with Crippen molar-refractivity contribution in [2.75, 3.05) is 20.1 Å². The molecule has 2 rings (SSSR count). The van der Waals surface area contributed by atoms with Crippen molar-refractivity contribution in [2.24, 2.45) is 11.1 Å². The molecular formula is C10H18N2O. The van der Waals surface area contributed by atoms with Gasteiger partial charge in [0.15, 0.2) is 0 Å². The number of rotatable bonds is 1. The summed E-state index contributed by atoms with van der Waals surface area (Å²) in [5.41, 5.74) is 1.31. The van der Waals surface area contributed by atoms with Gasteiger partial charge < -0.3 is 9.74 Å². The molecule has 0 saturated carbocycles. The van der Waals surface area contributed by atoms with Crippen molar-refractivity contribution in [3.63, 3.8) is 0 Å². The Kier molecular flexibility index (Phi) is 2.54. The molecule has 1 fully saturated rings. The molecule has 0 aromatic carbocycles. The van der Waals surface area contributed by atoms with E-state index in [1.165, 1.54) is 31.6 Å². The van der Waals surface area contributed by atoms with Crippen molar-refractivity contribution < 1.29 is 4.84 Å². The van der Waals surface area contributed by atoms with E-state index in [2.05, 4.69) is 24.0 Å². The Morgan fingerprint density at radius 2 is 2.08 bits per heavy atom. The third kappa shape index (κ3) is 2.02. The fraction of sp³-hybridized carbons (Fsp3) is 0.900. The van der Waals surface area contributed by atoms with Gasteiger partial charge in [-0.05, 0) is 39.9 Å². The topological polar surface area (TPSA) is 24.8 Å². The van der Waals surface area contributed by atoms with Gasteiger partial charge in [-0.2, -0.15) is 0 Å². The standard InChI is InChI=1S/C10H18N2O/c1-8-7-10(11-13-8)9-3-5-12(2)6-4-9/h8-9H,3-7H2,1-2H3. The van der Waals surface area contributed by atoms with Crippen LogP contribution in [0.1, 0.15) is 26.2 Å². The van der Waals surface area contributed by atoms with Gasteiger partial charge in [0.05, 0.1) is 5.71 Å². The molecule has 3 heteroatoms. The first kappa shape index (κ1) is 9.00. The maximum atomic E-state index is 5.22. The molecule has 0 spiro atoms. The molecule has 0 bridgehead atoms. The van der Waals surface area contributed by atoms with E-state index in [1.54, 1.807) is 0 Å². The van der Waals surface area contributed by atoms with Crippen LogP contribution in [0.5, 0.6) is 0 Å². The maximum absolute atomic E-state index is 5.22. The Labute approximate surface area is 79.7 Å². The fourth-order valence-electron chi connectivity index (χ4n) is 2.11. The van der Waals surface area contributed by atoms with Crippen molar-refractivity contribution in [3.05, 3.63) is 0 Å². The minimum Gasteiger partial charge on any atom is -0.392 e. The molecule has 0 aromatic heterocycles. The van der Waals surface area contributed by atoms with Crippen LogP contribution in [-0.4, -0.2) is 36.9 Å². The van der Waals surface area contributed by atoms with Crippen molar-refractivity contribution in [1.29, 1.82) is 0 Å². The van der Waals surface area contributed by atoms with E-state index in [-0.39, 0.29) is 0 Å². The molecule has 1 unspecified atom stereocenters. The van der Waals surface area contributed by atoms with E-state index >= 15 is 0 Å². The molecule has 2 heterocycles. The van der Waals surface area contributed by atoms with Crippen LogP contribution in [0.15, 0.2) is 5.16 Å². The minimum atomic E-state index is 0.314. The van der Waals surface area contributed by atoms with Crippen LogP contribution in [0.25, 0.3) is 0 Å². The highest BCUT2D eigenvalue weighted by Gasteiger charge is 2.26. The minimum absolute atomic E-state index is 0.314. The van der Waals surface area contributed by atoms with E-state index < -0.39 is 0 Å². The summed E-state index contributed by atoms with van der Waals surface area (Å²) in [6.07, 6.45) is 3.88. The second-order valence-electron chi connectivity index (χ2n) is 4.28. The first-order valence-corrected chi connectivity index (χ1v) is 5.17. The zero-order valence-corrected chi connectivity index (χ0v) is 8.49. The van der Waals surface area contributed by atoms with Gasteiger partial charge in [0.2, 0.25) is 0 Å². The molecule has 74 valence electrons. The van der Waals surface area contributed by atoms with Gasteiger partial charge in [0.25, 0.3) is 0 Å². The van der Waals surface area contributed by atoms with Gasteiger partial charge >= 0.3 is 0 Å². The van der Waals surface area contributed by atoms with E-state index in [1.807, 2.05) is 0 Å². The van der Waals surface area contributed by atoms with Crippen LogP contribution in [0.2, 0.25) is 0 Å². The highest BCUT2D eigenvalue weighted by Crippen LogP contribution is 2.24. The summed E-state index contributed by atoms with van der Waals surface area (Å²) in [4.78, 5) is 7.61. The fourth-order valence-corrected chi connectivity index (χ4v) is 2.11. The summed E-state index contributed by atoms with van der Waals surface area (Å²) < 4.78 is 0. The monoisotopic (exact) mass is 182 g/mol. The molecule has 1 saturated heterocycles. The van der Waals surface area contributed by atoms with Gasteiger partial charge in [-0.15, -0.1) is 0 Å². The summed E-state index contributed by atoms with van der Waals surface area (Å²) in [5.74, 6) is 0.696. The lowest BCUT2D eigenvalue weighted by Gasteiger charge is -2.28. The number of hydrogen-bond donors (Lipinski definition) is 0. The van der Waals surface area contributed by atoms with Crippen molar-refractivity contribution in [1.82, 2.24) is 4.90 Å². The Bertz CT molecular complexity index is 207. The lowest BCUT2D eigenvalue weighted by molar-refractivity contribution is 0.0994. The summed E-state index contributed by atoms with van der Waals surface area (Å²) in [6, 6.07) is 0. The van der Waals surface area contributed by atoms with Gasteiger partial charge in [-0.3, -0.25) is 0 Å². The molecule has 0 aromatic rings. The SMILES string of the molecule is CC1CC(C2CCN(C)CC2)=NO1. The Morgan fingerprint density at radius 3 is 2.62 bits per heavy atom. The average molecular weight is 182 g/mol. The number of nitrogens with zero attached hydrogens (tertiary/aromatic N) is 2. The van der Waals surface area contributed by atoms with Crippen molar-refractivity contribution in [2.45, 2.75) is 32.3 Å². The predicted octanol–water partition coefficient (Wildman–Crippen LogP) is 1.49. The second kappa shape index (κ2) is 3.66. The molecule has 13 heavy (non-hydrogen) atoms. The molecule has 2 aliphatic heterocycles. The number of likely N-dealkylation sites (tertiary alicyclic amines) is 1. The summed E-state index contributed by atoms with van der Waals surface area (Å²) in [7, 11) is 2.19. The summed E-state index contributed by atoms with van der Waals surface area (Å²) in [5, 5.41) is 4.16. The van der Waals surface area contributed by atoms with Crippen LogP contribution in [-0.2, 0) is 4.84 Å². The Morgan fingerprint density at radius 1 is 1.38 bits per heavy atom. The molecule has 0 radical (unpaired) electrons. The lowest BCUT2D eigenvalue weighted by Crippen LogP contribution is -2.33. The molecular weight excluding hydrogens is 164 g/mol. The third-order valence-electron chi connectivity index (χ3n) is 3.04. The molecule has 1 atom stereocenters. The average Bonchev–Trinajstić information content (AvgIpc) is 2.53. The largest absolute Gasteiger partial charge is 0.392 e. The molecule has 0 N–H and O–H groups in total. The summed E-state index contributed by atoms with van der Waals surface area (Å²) >= 11 is 0. The molecule has 0 amide bonds. The first-order valence-electron chi connectivity index (χ1n) is 5.17. The molecule has 3 nitrogen and oxygen atoms in total. The first-order chi connectivity index (χ1) is 6.25. The zero-order valence-electron chi connectivity index (χ0n) is 8.49. The van der Waals surface area contributed by atoms with Gasteiger partial charge in [-0.25, -0.2) is 0 Å². The van der Waals surface area contributed by atoms with E-state index in [0.29, 0.717) is 12.0 Å². The number of oxime groups is 1. The lowest BCUT2D eigenvalue weighted by atomic mass is 9.90. The Balaban J connectivity index is 1.88. The van der Waals surface area contributed by atoms with Crippen LogP contribution < -0.4 is 0 Å². The smallest absolute Gasteiger partial charge is 0.130 e. The molecule has 2 aliphatic rings. The quantitative estimate of drug-likeness (QED) is 0.614. The van der Waals surface area contributed by atoms with E-state index in [9.17, 15) is 0 Å². The van der Waals surface area contributed by atoms with Crippen LogP contribution in [0.4, 0.5) is 0 Å². The zero-order chi connectivity index (χ0) is 9.26. The number of piperidine rings is 1. The predicted molar refractivity (Wildman–Crippen MR) is 52.8 cm³/mol. The normalized spacial score (nSPS) is 31.5. The van der Waals surface area contributed by atoms with Gasteiger partial charge in [-0.1, -0.05) is 5.16 Å². The van der Waals surface area contributed by atoms with Gasteiger partial charge in [0, 0.05) is 12.3 Å². The van der Waals surface area contributed by atoms with Crippen molar-refractivity contribution in [3.8, 4) is 0 Å². The highest BCUT2D eigenvalue weighted by atomic mass is 16.6. The van der Waals surface area contributed by atoms with E-state index in [4.69, 9.17) is 4.84 Å². The number of hydrogen-bond acceptors (Lipinski definition) is 3. The van der Waals surface area contributed by atoms with Crippen LogP contribution in [0.3, 0.4) is 0 Å². The molecule has 0 aliphatic carbocycles. The third-order valence-corrected chi connectivity index (χ3v) is 3.04. The van der Waals surface area contributed by atoms with Crippen LogP contribution >= 0.6 is 0 Å².